The molecule has 0 saturated heterocycles. The van der Waals surface area contributed by atoms with Gasteiger partial charge in [0.1, 0.15) is 0 Å². The van der Waals surface area contributed by atoms with E-state index in [2.05, 4.69) is 0 Å². The third-order valence-electron chi connectivity index (χ3n) is 0. The minimum absolute atomic E-state index is 0. The molecule has 0 aromatic heterocycles. The predicted molar refractivity (Wildman–Crippen MR) is 16.2 cm³/mol. The minimum Gasteiger partial charge on any atom is -0.870 e. The predicted octanol–water partition coefficient (Wildman–Crippen LogP) is -1.48. The summed E-state index contributed by atoms with van der Waals surface area (Å²) in [6, 6.07) is 0. The molecular formula is H3CoLiMgNiO. The molecule has 0 rings (SSSR count). The van der Waals surface area contributed by atoms with E-state index in [0.717, 1.165) is 0 Å². The summed E-state index contributed by atoms with van der Waals surface area (Å²) in [7, 11) is 0. The molecule has 0 spiro atoms. The molecule has 1 radical (unpaired) electrons. The Labute approximate surface area is 79.8 Å². The van der Waals surface area contributed by atoms with Crippen molar-refractivity contribution in [2.24, 2.45) is 0 Å². The molecule has 0 aliphatic carbocycles. The maximum absolute atomic E-state index is 0. The average molecular weight is 168 g/mol. The van der Waals surface area contributed by atoms with Crippen LogP contribution in [0.5, 0.6) is 0 Å². The molecule has 5 heteroatoms. The molecule has 0 amide bonds. The first-order valence-corrected chi connectivity index (χ1v) is 0. The molecule has 0 bridgehead atoms. The first kappa shape index (κ1) is 54.2. The Morgan fingerprint density at radius 3 is 1.00 bits per heavy atom. The summed E-state index contributed by atoms with van der Waals surface area (Å²) in [4.78, 5) is 0. The first-order valence-electron chi connectivity index (χ1n) is 0. The van der Waals surface area contributed by atoms with Gasteiger partial charge in [0.25, 0.3) is 0 Å². The largest absolute Gasteiger partial charge is 0.870 e. The first-order chi connectivity index (χ1) is 0. The molecule has 1 nitrogen and oxygen atoms in total. The molecule has 1 N–H and O–H groups in total. The molecule has 0 saturated carbocycles. The van der Waals surface area contributed by atoms with Crippen LogP contribution in [0.2, 0.25) is 0 Å². The summed E-state index contributed by atoms with van der Waals surface area (Å²) < 4.78 is 0. The van der Waals surface area contributed by atoms with E-state index >= 15 is 0 Å². The van der Waals surface area contributed by atoms with Crippen LogP contribution in [0, 0.1) is 0 Å². The maximum atomic E-state index is 0. The number of rotatable bonds is 0. The second-order valence-corrected chi connectivity index (χ2v) is 0. The van der Waals surface area contributed by atoms with Crippen molar-refractivity contribution in [3.63, 3.8) is 0 Å². The Kier molecular flexibility index (Phi) is 360. The van der Waals surface area contributed by atoms with Gasteiger partial charge in [0.05, 0.1) is 0 Å². The number of hydrogen-bond acceptors (Lipinski definition) is 1. The van der Waals surface area contributed by atoms with Gasteiger partial charge >= 0.3 is 41.9 Å². The van der Waals surface area contributed by atoms with E-state index in [4.69, 9.17) is 0 Å². The molecule has 0 unspecified atom stereocenters. The van der Waals surface area contributed by atoms with Gasteiger partial charge in [0.15, 0.2) is 0 Å². The minimum atomic E-state index is 0. The van der Waals surface area contributed by atoms with Gasteiger partial charge in [-0.3, -0.25) is 0 Å². The van der Waals surface area contributed by atoms with Crippen LogP contribution in [-0.2, 0) is 33.3 Å². The number of hydrogen-bond donors (Lipinski definition) is 0. The van der Waals surface area contributed by atoms with E-state index in [-0.39, 0.29) is 80.7 Å². The van der Waals surface area contributed by atoms with Crippen molar-refractivity contribution >= 4 is 41.9 Å². The van der Waals surface area contributed by atoms with Crippen LogP contribution in [0.1, 0.15) is 0 Å². The average Bonchev–Trinajstić information content (AvgIpc) is 0. The molecule has 0 heterocycles. The topological polar surface area (TPSA) is 30.0 Å². The van der Waals surface area contributed by atoms with E-state index < -0.39 is 0 Å². The van der Waals surface area contributed by atoms with Gasteiger partial charge in [-0.2, -0.15) is 0 Å². The Hall–Kier alpha value is 2.32. The fraction of sp³-hybridized carbons (Fsp3) is 0. The summed E-state index contributed by atoms with van der Waals surface area (Å²) in [6.45, 7) is 0. The van der Waals surface area contributed by atoms with E-state index in [1.54, 1.807) is 0 Å². The molecule has 0 aromatic carbocycles. The Bertz CT molecular complexity index is 11.6. The third kappa shape index (κ3) is 21.9. The molecule has 0 aromatic rings. The van der Waals surface area contributed by atoms with Gasteiger partial charge in [-0.05, 0) is 0 Å². The van der Waals surface area contributed by atoms with Crippen molar-refractivity contribution in [3.05, 3.63) is 0 Å². The van der Waals surface area contributed by atoms with Crippen LogP contribution in [0.4, 0.5) is 0 Å². The standard InChI is InChI=1S/Co.Li.Mg.Ni.H2O.2H/h;;;;1H2;;/q;;+1;;;;/p-1. The normalized spacial score (nSPS) is 0. The van der Waals surface area contributed by atoms with Gasteiger partial charge in [-0.25, -0.2) is 0 Å². The van der Waals surface area contributed by atoms with E-state index in [9.17, 15) is 0 Å². The van der Waals surface area contributed by atoms with Gasteiger partial charge in [-0.1, -0.05) is 0 Å². The Balaban J connectivity index is 0. The summed E-state index contributed by atoms with van der Waals surface area (Å²) in [5.41, 5.74) is 0. The zero-order chi connectivity index (χ0) is 0. The van der Waals surface area contributed by atoms with Gasteiger partial charge in [-0.15, -0.1) is 0 Å². The third-order valence-corrected chi connectivity index (χ3v) is 0. The molecular weight excluding hydrogens is 165 g/mol. The van der Waals surface area contributed by atoms with Crippen LogP contribution < -0.4 is 0 Å². The second kappa shape index (κ2) is 33.2. The Morgan fingerprint density at radius 2 is 1.00 bits per heavy atom. The van der Waals surface area contributed by atoms with Gasteiger partial charge in [0, 0.05) is 33.3 Å². The fourth-order valence-electron chi connectivity index (χ4n) is 0. The van der Waals surface area contributed by atoms with Gasteiger partial charge < -0.3 is 5.48 Å². The van der Waals surface area contributed by atoms with Crippen LogP contribution >= 0.6 is 0 Å². The van der Waals surface area contributed by atoms with Crippen molar-refractivity contribution in [3.8, 4) is 0 Å². The van der Waals surface area contributed by atoms with Crippen molar-refractivity contribution < 1.29 is 38.7 Å². The van der Waals surface area contributed by atoms with Crippen molar-refractivity contribution in [1.29, 1.82) is 0 Å². The van der Waals surface area contributed by atoms with Crippen molar-refractivity contribution in [1.82, 2.24) is 0 Å². The summed E-state index contributed by atoms with van der Waals surface area (Å²) in [6.07, 6.45) is 0. The zero-order valence-corrected chi connectivity index (χ0v) is 6.13. The second-order valence-electron chi connectivity index (χ2n) is 0. The van der Waals surface area contributed by atoms with Crippen LogP contribution in [0.3, 0.4) is 0 Å². The maximum Gasteiger partial charge on any atom is 0 e. The summed E-state index contributed by atoms with van der Waals surface area (Å²) >= 11 is 0. The van der Waals surface area contributed by atoms with Crippen LogP contribution in [-0.4, -0.2) is 47.4 Å². The molecule has 0 atom stereocenters. The Morgan fingerprint density at radius 1 is 1.00 bits per heavy atom. The SMILES string of the molecule is [Co].[LiH].[MgH+].[Ni].[OH-]. The molecule has 5 heavy (non-hydrogen) atoms. The van der Waals surface area contributed by atoms with Crippen LogP contribution in [0.25, 0.3) is 0 Å². The monoisotopic (exact) mass is 167 g/mol. The van der Waals surface area contributed by atoms with Gasteiger partial charge in [0.2, 0.25) is 0 Å². The van der Waals surface area contributed by atoms with Crippen molar-refractivity contribution in [2.45, 2.75) is 0 Å². The van der Waals surface area contributed by atoms with Crippen molar-refractivity contribution in [2.75, 3.05) is 0 Å². The quantitative estimate of drug-likeness (QED) is 0.405. The fourth-order valence-corrected chi connectivity index (χ4v) is 0. The molecule has 0 fully saturated rings. The van der Waals surface area contributed by atoms with Crippen LogP contribution in [0.15, 0.2) is 0 Å². The smallest absolute Gasteiger partial charge is 0 e. The zero-order valence-electron chi connectivity index (χ0n) is 2.10. The molecule has 31 valence electrons. The van der Waals surface area contributed by atoms with E-state index in [0.29, 0.717) is 0 Å². The summed E-state index contributed by atoms with van der Waals surface area (Å²) in [5.74, 6) is 0. The van der Waals surface area contributed by atoms with E-state index in [1.165, 1.54) is 0 Å². The van der Waals surface area contributed by atoms with E-state index in [1.807, 2.05) is 0 Å². The molecule has 0 aliphatic heterocycles. The molecule has 0 aliphatic rings. The summed E-state index contributed by atoms with van der Waals surface area (Å²) in [5, 5.41) is 0.